The number of fused-ring (bicyclic) bond motifs is 2. The maximum atomic E-state index is 12.4. The minimum atomic E-state index is -0.131. The third-order valence-corrected chi connectivity index (χ3v) is 5.63. The van der Waals surface area contributed by atoms with Gasteiger partial charge < -0.3 is 19.2 Å². The van der Waals surface area contributed by atoms with Crippen LogP contribution in [-0.4, -0.2) is 32.8 Å². The van der Waals surface area contributed by atoms with E-state index >= 15 is 0 Å². The van der Waals surface area contributed by atoms with Crippen molar-refractivity contribution in [3.05, 3.63) is 72.5 Å². The molecular formula is C28H29NO4. The van der Waals surface area contributed by atoms with Crippen LogP contribution in [0.2, 0.25) is 0 Å². The van der Waals surface area contributed by atoms with Crippen molar-refractivity contribution in [1.82, 2.24) is 5.32 Å². The first-order valence-electron chi connectivity index (χ1n) is 11.2. The summed E-state index contributed by atoms with van der Waals surface area (Å²) in [6.07, 6.45) is 4.18. The van der Waals surface area contributed by atoms with E-state index in [0.717, 1.165) is 39.7 Å². The molecule has 33 heavy (non-hydrogen) atoms. The number of nitrogens with one attached hydrogen (secondary N) is 1. The minimum Gasteiger partial charge on any atom is -0.493 e. The van der Waals surface area contributed by atoms with Gasteiger partial charge in [-0.05, 0) is 54.3 Å². The smallest absolute Gasteiger partial charge is 0.244 e. The number of rotatable bonds is 9. The van der Waals surface area contributed by atoms with Crippen LogP contribution in [-0.2, 0) is 9.53 Å². The van der Waals surface area contributed by atoms with Gasteiger partial charge in [0, 0.05) is 48.9 Å². The van der Waals surface area contributed by atoms with Crippen molar-refractivity contribution in [2.45, 2.75) is 20.3 Å². The van der Waals surface area contributed by atoms with Crippen LogP contribution >= 0.6 is 0 Å². The number of furan rings is 1. The summed E-state index contributed by atoms with van der Waals surface area (Å²) in [7, 11) is 1.65. The van der Waals surface area contributed by atoms with Gasteiger partial charge in [-0.3, -0.25) is 4.79 Å². The van der Waals surface area contributed by atoms with Crippen LogP contribution in [0.4, 0.5) is 0 Å². The van der Waals surface area contributed by atoms with Crippen molar-refractivity contribution in [3.63, 3.8) is 0 Å². The van der Waals surface area contributed by atoms with E-state index in [1.807, 2.05) is 32.0 Å². The predicted molar refractivity (Wildman–Crippen MR) is 133 cm³/mol. The number of methoxy groups -OCH3 is 1. The third kappa shape index (κ3) is 5.10. The molecule has 4 aromatic rings. The predicted octanol–water partition coefficient (Wildman–Crippen LogP) is 6.21. The summed E-state index contributed by atoms with van der Waals surface area (Å²) in [5.41, 5.74) is 4.55. The molecule has 5 heteroatoms. The summed E-state index contributed by atoms with van der Waals surface area (Å²) in [4.78, 5) is 12.4. The summed E-state index contributed by atoms with van der Waals surface area (Å²) in [5.74, 6) is 0.568. The lowest BCUT2D eigenvalue weighted by Gasteiger charge is -2.12. The van der Waals surface area contributed by atoms with Gasteiger partial charge in [0.25, 0.3) is 0 Å². The van der Waals surface area contributed by atoms with E-state index in [1.54, 1.807) is 19.4 Å². The third-order valence-electron chi connectivity index (χ3n) is 5.63. The van der Waals surface area contributed by atoms with Crippen LogP contribution in [0.15, 0.2) is 71.4 Å². The monoisotopic (exact) mass is 443 g/mol. The van der Waals surface area contributed by atoms with E-state index in [1.165, 1.54) is 10.8 Å². The second-order valence-corrected chi connectivity index (χ2v) is 7.95. The fraction of sp³-hybridized carbons (Fsp3) is 0.250. The molecule has 0 saturated heterocycles. The molecule has 1 amide bonds. The molecule has 0 aliphatic rings. The number of hydrogen-bond acceptors (Lipinski definition) is 4. The van der Waals surface area contributed by atoms with Crippen molar-refractivity contribution < 1.29 is 18.7 Å². The molecule has 1 aromatic heterocycles. The van der Waals surface area contributed by atoms with Gasteiger partial charge in [-0.25, -0.2) is 0 Å². The summed E-state index contributed by atoms with van der Waals surface area (Å²) in [6.45, 7) is 5.58. The Balaban J connectivity index is 1.71. The standard InChI is InChI=1S/C28H29NO4/c1-4-32-26-17-27-24(16-23(26)19(2)14-28(30)29-12-7-13-31-3)25(18-33-27)22-11-10-20-8-5-6-9-21(20)15-22/h5-6,8-11,14-18H,4,7,12-13H2,1-3H3,(H,29,30)/b19-14+. The van der Waals surface area contributed by atoms with Crippen molar-refractivity contribution in [2.75, 3.05) is 26.9 Å². The molecule has 0 bridgehead atoms. The molecule has 0 atom stereocenters. The van der Waals surface area contributed by atoms with E-state index in [4.69, 9.17) is 13.9 Å². The molecule has 1 heterocycles. The molecule has 0 aliphatic carbocycles. The van der Waals surface area contributed by atoms with E-state index in [9.17, 15) is 4.79 Å². The zero-order valence-electron chi connectivity index (χ0n) is 19.3. The van der Waals surface area contributed by atoms with Crippen LogP contribution < -0.4 is 10.1 Å². The second-order valence-electron chi connectivity index (χ2n) is 7.95. The van der Waals surface area contributed by atoms with Crippen LogP contribution in [0.3, 0.4) is 0 Å². The molecule has 0 fully saturated rings. The Bertz CT molecular complexity index is 1300. The van der Waals surface area contributed by atoms with Gasteiger partial charge in [-0.2, -0.15) is 0 Å². The summed E-state index contributed by atoms with van der Waals surface area (Å²) in [5, 5.41) is 6.26. The Kier molecular flexibility index (Phi) is 7.10. The SMILES string of the molecule is CCOc1cc2occ(-c3ccc4ccccc4c3)c2cc1/C(C)=C/C(=O)NCCCOC. The number of amides is 1. The van der Waals surface area contributed by atoms with Crippen molar-refractivity contribution >= 4 is 33.2 Å². The molecule has 0 radical (unpaired) electrons. The molecule has 0 saturated carbocycles. The number of allylic oxidation sites excluding steroid dienone is 1. The minimum absolute atomic E-state index is 0.131. The Hall–Kier alpha value is -3.57. The van der Waals surface area contributed by atoms with Crippen molar-refractivity contribution in [3.8, 4) is 16.9 Å². The van der Waals surface area contributed by atoms with Crippen molar-refractivity contribution in [1.29, 1.82) is 0 Å². The number of hydrogen-bond donors (Lipinski definition) is 1. The highest BCUT2D eigenvalue weighted by Gasteiger charge is 2.15. The largest absolute Gasteiger partial charge is 0.493 e. The average Bonchev–Trinajstić information content (AvgIpc) is 3.24. The lowest BCUT2D eigenvalue weighted by Crippen LogP contribution is -2.23. The maximum absolute atomic E-state index is 12.4. The Labute approximate surface area is 194 Å². The van der Waals surface area contributed by atoms with Crippen LogP contribution in [0.25, 0.3) is 38.4 Å². The highest BCUT2D eigenvalue weighted by atomic mass is 16.5. The Morgan fingerprint density at radius 3 is 2.70 bits per heavy atom. The zero-order valence-corrected chi connectivity index (χ0v) is 19.3. The second kappa shape index (κ2) is 10.4. The lowest BCUT2D eigenvalue weighted by molar-refractivity contribution is -0.116. The van der Waals surface area contributed by atoms with E-state index in [-0.39, 0.29) is 5.91 Å². The van der Waals surface area contributed by atoms with Crippen LogP contribution in [0.1, 0.15) is 25.8 Å². The average molecular weight is 444 g/mol. The number of ether oxygens (including phenoxy) is 2. The quantitative estimate of drug-likeness (QED) is 0.247. The maximum Gasteiger partial charge on any atom is 0.244 e. The normalized spacial score (nSPS) is 11.8. The fourth-order valence-corrected chi connectivity index (χ4v) is 3.97. The number of carbonyl (C=O) groups is 1. The molecule has 0 spiro atoms. The van der Waals surface area contributed by atoms with E-state index < -0.39 is 0 Å². The molecular weight excluding hydrogens is 414 g/mol. The molecule has 0 unspecified atom stereocenters. The molecule has 3 aromatic carbocycles. The van der Waals surface area contributed by atoms with Gasteiger partial charge in [0.05, 0.1) is 12.9 Å². The first-order chi connectivity index (χ1) is 16.1. The van der Waals surface area contributed by atoms with Gasteiger partial charge in [-0.15, -0.1) is 0 Å². The first-order valence-corrected chi connectivity index (χ1v) is 11.2. The molecule has 5 nitrogen and oxygen atoms in total. The number of benzene rings is 3. The summed E-state index contributed by atoms with van der Waals surface area (Å²) < 4.78 is 16.8. The van der Waals surface area contributed by atoms with Gasteiger partial charge >= 0.3 is 0 Å². The number of carbonyl (C=O) groups excluding carboxylic acids is 1. The van der Waals surface area contributed by atoms with E-state index in [0.29, 0.717) is 25.5 Å². The zero-order chi connectivity index (χ0) is 23.2. The lowest BCUT2D eigenvalue weighted by atomic mass is 9.97. The van der Waals surface area contributed by atoms with Gasteiger partial charge in [-0.1, -0.05) is 36.4 Å². The van der Waals surface area contributed by atoms with Crippen molar-refractivity contribution in [2.24, 2.45) is 0 Å². The molecule has 170 valence electrons. The first kappa shape index (κ1) is 22.6. The van der Waals surface area contributed by atoms with Crippen LogP contribution in [0.5, 0.6) is 5.75 Å². The van der Waals surface area contributed by atoms with E-state index in [2.05, 4.69) is 41.7 Å². The topological polar surface area (TPSA) is 60.7 Å². The highest BCUT2D eigenvalue weighted by Crippen LogP contribution is 2.38. The Morgan fingerprint density at radius 2 is 1.91 bits per heavy atom. The molecule has 4 rings (SSSR count). The van der Waals surface area contributed by atoms with Gasteiger partial charge in [0.15, 0.2) is 0 Å². The summed E-state index contributed by atoms with van der Waals surface area (Å²) >= 11 is 0. The van der Waals surface area contributed by atoms with Gasteiger partial charge in [0.1, 0.15) is 11.3 Å². The highest BCUT2D eigenvalue weighted by molar-refractivity contribution is 6.01. The summed E-state index contributed by atoms with van der Waals surface area (Å²) in [6, 6.07) is 18.7. The Morgan fingerprint density at radius 1 is 1.09 bits per heavy atom. The van der Waals surface area contributed by atoms with Gasteiger partial charge in [0.2, 0.25) is 5.91 Å². The molecule has 0 aliphatic heterocycles. The van der Waals surface area contributed by atoms with Crippen LogP contribution in [0, 0.1) is 0 Å². The molecule has 1 N–H and O–H groups in total. The fourth-order valence-electron chi connectivity index (χ4n) is 3.97.